The number of aromatic nitrogens is 3. The molecule has 0 unspecified atom stereocenters. The van der Waals surface area contributed by atoms with Crippen molar-refractivity contribution in [2.45, 2.75) is 6.54 Å². The van der Waals surface area contributed by atoms with E-state index in [1.807, 2.05) is 46.7 Å². The average molecular weight is 430 g/mol. The fourth-order valence-electron chi connectivity index (χ4n) is 2.22. The predicted octanol–water partition coefficient (Wildman–Crippen LogP) is 1.75. The van der Waals surface area contributed by atoms with Crippen LogP contribution in [0, 0.1) is 0 Å². The summed E-state index contributed by atoms with van der Waals surface area (Å²) in [5.41, 5.74) is 7.09. The largest absolute Gasteiger partial charge is 0.370 e. The van der Waals surface area contributed by atoms with Crippen LogP contribution in [0.4, 0.5) is 0 Å². The average Bonchev–Trinajstić information content (AvgIpc) is 3.03. The van der Waals surface area contributed by atoms with Gasteiger partial charge in [-0.2, -0.15) is 11.8 Å². The summed E-state index contributed by atoms with van der Waals surface area (Å²) in [5, 5.41) is 8.11. The van der Waals surface area contributed by atoms with Gasteiger partial charge < -0.3 is 10.6 Å². The standard InChI is InChI=1S/C14H18N6S.HI/c15-14(19-6-8-21-9-7-19)16-10-13-18-17-11-20(13)12-4-2-1-3-5-12;/h1-5,11H,6-10H2,(H2,15,16);1H. The second-order valence-electron chi connectivity index (χ2n) is 4.73. The molecule has 1 aliphatic rings. The quantitative estimate of drug-likeness (QED) is 0.457. The van der Waals surface area contributed by atoms with Crippen LogP contribution in [0.15, 0.2) is 41.7 Å². The Labute approximate surface area is 151 Å². The van der Waals surface area contributed by atoms with E-state index < -0.39 is 0 Å². The molecule has 0 saturated carbocycles. The minimum Gasteiger partial charge on any atom is -0.370 e. The van der Waals surface area contributed by atoms with E-state index in [0.717, 1.165) is 36.1 Å². The van der Waals surface area contributed by atoms with Crippen molar-refractivity contribution in [3.63, 3.8) is 0 Å². The zero-order valence-corrected chi connectivity index (χ0v) is 15.3. The maximum Gasteiger partial charge on any atom is 0.191 e. The van der Waals surface area contributed by atoms with Crippen molar-refractivity contribution in [3.8, 4) is 5.69 Å². The summed E-state index contributed by atoms with van der Waals surface area (Å²) in [6.45, 7) is 2.36. The Morgan fingerprint density at radius 3 is 2.68 bits per heavy atom. The van der Waals surface area contributed by atoms with Gasteiger partial charge in [-0.25, -0.2) is 4.99 Å². The van der Waals surface area contributed by atoms with Crippen molar-refractivity contribution in [1.82, 2.24) is 19.7 Å². The molecule has 6 nitrogen and oxygen atoms in total. The maximum atomic E-state index is 6.06. The van der Waals surface area contributed by atoms with Crippen molar-refractivity contribution in [3.05, 3.63) is 42.5 Å². The number of thioether (sulfide) groups is 1. The van der Waals surface area contributed by atoms with Gasteiger partial charge in [-0.1, -0.05) is 18.2 Å². The van der Waals surface area contributed by atoms with Crippen LogP contribution in [0.2, 0.25) is 0 Å². The molecule has 3 rings (SSSR count). The van der Waals surface area contributed by atoms with E-state index in [1.165, 1.54) is 0 Å². The zero-order chi connectivity index (χ0) is 14.5. The molecule has 1 aliphatic heterocycles. The molecule has 1 aromatic carbocycles. The Kier molecular flexibility index (Phi) is 6.49. The maximum absolute atomic E-state index is 6.06. The van der Waals surface area contributed by atoms with Crippen LogP contribution < -0.4 is 5.73 Å². The van der Waals surface area contributed by atoms with Crippen LogP contribution >= 0.6 is 35.7 Å². The summed E-state index contributed by atoms with van der Waals surface area (Å²) in [7, 11) is 0. The summed E-state index contributed by atoms with van der Waals surface area (Å²) >= 11 is 1.95. The Bertz CT molecular complexity index is 609. The number of nitrogens with zero attached hydrogens (tertiary/aromatic N) is 5. The predicted molar refractivity (Wildman–Crippen MR) is 101 cm³/mol. The SMILES string of the molecule is I.NC(=NCc1nncn1-c1ccccc1)N1CCSCC1. The molecule has 0 atom stereocenters. The van der Waals surface area contributed by atoms with Gasteiger partial charge in [0, 0.05) is 30.3 Å². The smallest absolute Gasteiger partial charge is 0.191 e. The van der Waals surface area contributed by atoms with Gasteiger partial charge >= 0.3 is 0 Å². The molecule has 0 radical (unpaired) electrons. The first-order valence-electron chi connectivity index (χ1n) is 6.91. The van der Waals surface area contributed by atoms with Crippen LogP contribution in [0.3, 0.4) is 0 Å². The third-order valence-corrected chi connectivity index (χ3v) is 4.31. The van der Waals surface area contributed by atoms with Gasteiger partial charge in [-0.3, -0.25) is 4.57 Å². The van der Waals surface area contributed by atoms with Gasteiger partial charge in [0.1, 0.15) is 12.9 Å². The third-order valence-electron chi connectivity index (χ3n) is 3.37. The summed E-state index contributed by atoms with van der Waals surface area (Å²) < 4.78 is 1.93. The van der Waals surface area contributed by atoms with Crippen molar-refractivity contribution in [2.24, 2.45) is 10.7 Å². The third kappa shape index (κ3) is 4.13. The monoisotopic (exact) mass is 430 g/mol. The van der Waals surface area contributed by atoms with Gasteiger partial charge in [-0.15, -0.1) is 34.2 Å². The highest BCUT2D eigenvalue weighted by molar-refractivity contribution is 14.0. The number of hydrogen-bond acceptors (Lipinski definition) is 4. The van der Waals surface area contributed by atoms with Gasteiger partial charge in [0.25, 0.3) is 0 Å². The molecule has 8 heteroatoms. The highest BCUT2D eigenvalue weighted by Crippen LogP contribution is 2.11. The molecule has 22 heavy (non-hydrogen) atoms. The van der Waals surface area contributed by atoms with Crippen LogP contribution in [0.1, 0.15) is 5.82 Å². The van der Waals surface area contributed by atoms with E-state index in [0.29, 0.717) is 12.5 Å². The topological polar surface area (TPSA) is 72.3 Å². The van der Waals surface area contributed by atoms with Crippen molar-refractivity contribution < 1.29 is 0 Å². The molecule has 0 aliphatic carbocycles. The van der Waals surface area contributed by atoms with E-state index in [9.17, 15) is 0 Å². The highest BCUT2D eigenvalue weighted by Gasteiger charge is 2.12. The number of guanidine groups is 1. The Morgan fingerprint density at radius 1 is 1.23 bits per heavy atom. The van der Waals surface area contributed by atoms with Gasteiger partial charge in [0.05, 0.1) is 0 Å². The zero-order valence-electron chi connectivity index (χ0n) is 12.1. The second-order valence-corrected chi connectivity index (χ2v) is 5.95. The van der Waals surface area contributed by atoms with Crippen LogP contribution in [-0.2, 0) is 6.54 Å². The van der Waals surface area contributed by atoms with Crippen molar-refractivity contribution in [2.75, 3.05) is 24.6 Å². The summed E-state index contributed by atoms with van der Waals surface area (Å²) in [6, 6.07) is 9.99. The number of halogens is 1. The molecule has 2 aromatic rings. The molecule has 2 N–H and O–H groups in total. The van der Waals surface area contributed by atoms with E-state index in [2.05, 4.69) is 20.1 Å². The van der Waals surface area contributed by atoms with Crippen LogP contribution in [0.25, 0.3) is 5.69 Å². The molecule has 118 valence electrons. The van der Waals surface area contributed by atoms with Gasteiger partial charge in [-0.05, 0) is 12.1 Å². The molecular formula is C14H19IN6S. The fourth-order valence-corrected chi connectivity index (χ4v) is 3.12. The summed E-state index contributed by atoms with van der Waals surface area (Å²) in [4.78, 5) is 6.59. The van der Waals surface area contributed by atoms with E-state index in [-0.39, 0.29) is 24.0 Å². The minimum absolute atomic E-state index is 0. The van der Waals surface area contributed by atoms with Gasteiger partial charge in [0.15, 0.2) is 11.8 Å². The second kappa shape index (κ2) is 8.37. The van der Waals surface area contributed by atoms with Crippen LogP contribution in [-0.4, -0.2) is 50.2 Å². The molecule has 0 amide bonds. The van der Waals surface area contributed by atoms with Gasteiger partial charge in [0.2, 0.25) is 0 Å². The first-order chi connectivity index (χ1) is 10.3. The van der Waals surface area contributed by atoms with E-state index in [1.54, 1.807) is 6.33 Å². The lowest BCUT2D eigenvalue weighted by molar-refractivity contribution is 0.455. The van der Waals surface area contributed by atoms with E-state index in [4.69, 9.17) is 5.73 Å². The molecular weight excluding hydrogens is 411 g/mol. The number of aliphatic imine (C=N–C) groups is 1. The summed E-state index contributed by atoms with van der Waals surface area (Å²) in [5.74, 6) is 3.60. The molecule has 0 spiro atoms. The molecule has 2 heterocycles. The Morgan fingerprint density at radius 2 is 1.95 bits per heavy atom. The van der Waals surface area contributed by atoms with E-state index >= 15 is 0 Å². The Hall–Kier alpha value is -1.29. The van der Waals surface area contributed by atoms with Crippen LogP contribution in [0.5, 0.6) is 0 Å². The normalized spacial score (nSPS) is 15.5. The first kappa shape index (κ1) is 17.1. The lowest BCUT2D eigenvalue weighted by atomic mass is 10.3. The van der Waals surface area contributed by atoms with Crippen molar-refractivity contribution >= 4 is 41.7 Å². The first-order valence-corrected chi connectivity index (χ1v) is 8.07. The number of benzene rings is 1. The highest BCUT2D eigenvalue weighted by atomic mass is 127. The number of nitrogens with two attached hydrogens (primary N) is 1. The number of hydrogen-bond donors (Lipinski definition) is 1. The lowest BCUT2D eigenvalue weighted by Crippen LogP contribution is -2.42. The number of para-hydroxylation sites is 1. The fraction of sp³-hybridized carbons (Fsp3) is 0.357. The number of rotatable bonds is 3. The molecule has 1 aromatic heterocycles. The molecule has 1 fully saturated rings. The molecule has 1 saturated heterocycles. The van der Waals surface area contributed by atoms with Crippen molar-refractivity contribution in [1.29, 1.82) is 0 Å². The lowest BCUT2D eigenvalue weighted by Gasteiger charge is -2.27. The summed E-state index contributed by atoms with van der Waals surface area (Å²) in [6.07, 6.45) is 1.70. The molecule has 0 bridgehead atoms. The Balaban J connectivity index is 0.00000176. The minimum atomic E-state index is 0.